The van der Waals surface area contributed by atoms with Crippen molar-refractivity contribution in [2.24, 2.45) is 11.8 Å². The maximum Gasteiger partial charge on any atom is 0.177 e. The van der Waals surface area contributed by atoms with Gasteiger partial charge in [-0.05, 0) is 43.3 Å². The van der Waals surface area contributed by atoms with Crippen molar-refractivity contribution in [3.63, 3.8) is 0 Å². The second kappa shape index (κ2) is 4.84. The summed E-state index contributed by atoms with van der Waals surface area (Å²) in [6.07, 6.45) is 5.99. The highest BCUT2D eigenvalue weighted by atomic mass is 32.1. The molecule has 0 bridgehead atoms. The molecule has 1 aromatic heterocycles. The molecule has 1 aromatic rings. The third-order valence-electron chi connectivity index (χ3n) is 4.10. The molecule has 102 valence electrons. The molecule has 1 heterocycles. The maximum absolute atomic E-state index is 5.51. The molecule has 2 nitrogen and oxygen atoms in total. The van der Waals surface area contributed by atoms with Crippen molar-refractivity contribution >= 4 is 12.2 Å². The third-order valence-corrected chi connectivity index (χ3v) is 4.41. The van der Waals surface area contributed by atoms with Gasteiger partial charge in [0.1, 0.15) is 0 Å². The molecular weight excluding hydrogens is 240 g/mol. The van der Waals surface area contributed by atoms with Gasteiger partial charge in [0.15, 0.2) is 4.77 Å². The molecule has 2 rings (SSSR count). The van der Waals surface area contributed by atoms with E-state index in [0.29, 0.717) is 6.04 Å². The number of nitrogens with one attached hydrogen (secondary N) is 1. The molecule has 0 radical (unpaired) electrons. The zero-order chi connectivity index (χ0) is 13.5. The molecular formula is C15H26N2S. The minimum atomic E-state index is 0.150. The number of hydrogen-bond acceptors (Lipinski definition) is 1. The standard InChI is InChI=1S/C15H26N2S/c1-10-6-11(2)8-12(7-10)17-13(15(3,4)5)9-16-14(17)18/h9-12H,6-8H2,1-5H3,(H,16,18). The van der Waals surface area contributed by atoms with Crippen molar-refractivity contribution in [3.05, 3.63) is 16.7 Å². The average Bonchev–Trinajstić information content (AvgIpc) is 2.57. The number of hydrogen-bond donors (Lipinski definition) is 1. The van der Waals surface area contributed by atoms with Gasteiger partial charge in [-0.25, -0.2) is 0 Å². The van der Waals surface area contributed by atoms with Gasteiger partial charge >= 0.3 is 0 Å². The van der Waals surface area contributed by atoms with Crippen LogP contribution in [0, 0.1) is 16.6 Å². The summed E-state index contributed by atoms with van der Waals surface area (Å²) in [5.41, 5.74) is 1.50. The van der Waals surface area contributed by atoms with Crippen LogP contribution in [0.4, 0.5) is 0 Å². The molecule has 0 saturated heterocycles. The molecule has 1 fully saturated rings. The van der Waals surface area contributed by atoms with Crippen LogP contribution < -0.4 is 0 Å². The Hall–Kier alpha value is -0.570. The zero-order valence-electron chi connectivity index (χ0n) is 12.3. The number of aromatic amines is 1. The molecule has 0 spiro atoms. The van der Waals surface area contributed by atoms with E-state index in [0.717, 1.165) is 16.6 Å². The molecule has 0 aromatic carbocycles. The maximum atomic E-state index is 5.51. The first-order valence-corrected chi connectivity index (χ1v) is 7.50. The highest BCUT2D eigenvalue weighted by Crippen LogP contribution is 2.38. The van der Waals surface area contributed by atoms with Crippen molar-refractivity contribution in [3.8, 4) is 0 Å². The molecule has 1 saturated carbocycles. The summed E-state index contributed by atoms with van der Waals surface area (Å²) in [6.45, 7) is 11.5. The van der Waals surface area contributed by atoms with E-state index in [1.165, 1.54) is 25.0 Å². The first kappa shape index (κ1) is 13.9. The quantitative estimate of drug-likeness (QED) is 0.721. The van der Waals surface area contributed by atoms with Crippen molar-refractivity contribution in [2.45, 2.75) is 65.3 Å². The molecule has 3 heteroatoms. The molecule has 18 heavy (non-hydrogen) atoms. The highest BCUT2D eigenvalue weighted by Gasteiger charge is 2.29. The second-order valence-electron chi connectivity index (χ2n) is 7.17. The predicted molar refractivity (Wildman–Crippen MR) is 79.5 cm³/mol. The van der Waals surface area contributed by atoms with Crippen LogP contribution in [0.25, 0.3) is 0 Å². The fraction of sp³-hybridized carbons (Fsp3) is 0.800. The Balaban J connectivity index is 2.38. The van der Waals surface area contributed by atoms with E-state index in [-0.39, 0.29) is 5.41 Å². The molecule has 1 N–H and O–H groups in total. The zero-order valence-corrected chi connectivity index (χ0v) is 13.1. The number of rotatable bonds is 1. The SMILES string of the molecule is CC1CC(C)CC(n2c(C(C)(C)C)c[nH]c2=S)C1. The Morgan fingerprint density at radius 3 is 2.22 bits per heavy atom. The van der Waals surface area contributed by atoms with Crippen LogP contribution in [0.15, 0.2) is 6.20 Å². The lowest BCUT2D eigenvalue weighted by Crippen LogP contribution is -2.27. The molecule has 1 aliphatic rings. The average molecular weight is 266 g/mol. The third kappa shape index (κ3) is 2.71. The summed E-state index contributed by atoms with van der Waals surface area (Å²) in [4.78, 5) is 3.25. The van der Waals surface area contributed by atoms with E-state index in [4.69, 9.17) is 12.2 Å². The van der Waals surface area contributed by atoms with E-state index in [1.54, 1.807) is 0 Å². The van der Waals surface area contributed by atoms with Crippen molar-refractivity contribution in [1.29, 1.82) is 0 Å². The summed E-state index contributed by atoms with van der Waals surface area (Å²) < 4.78 is 3.29. The number of imidazole rings is 1. The van der Waals surface area contributed by atoms with Gasteiger partial charge in [0, 0.05) is 23.3 Å². The first-order chi connectivity index (χ1) is 8.29. The van der Waals surface area contributed by atoms with Crippen LogP contribution in [0.5, 0.6) is 0 Å². The summed E-state index contributed by atoms with van der Waals surface area (Å²) in [7, 11) is 0. The molecule has 0 amide bonds. The van der Waals surface area contributed by atoms with Gasteiger partial charge in [-0.15, -0.1) is 0 Å². The van der Waals surface area contributed by atoms with Crippen LogP contribution in [0.2, 0.25) is 0 Å². The molecule has 1 aliphatic carbocycles. The van der Waals surface area contributed by atoms with Gasteiger partial charge in [-0.3, -0.25) is 0 Å². The van der Waals surface area contributed by atoms with E-state index in [1.807, 2.05) is 0 Å². The Morgan fingerprint density at radius 1 is 1.17 bits per heavy atom. The van der Waals surface area contributed by atoms with E-state index in [9.17, 15) is 0 Å². The molecule has 2 atom stereocenters. The van der Waals surface area contributed by atoms with Crippen LogP contribution in [-0.2, 0) is 5.41 Å². The smallest absolute Gasteiger partial charge is 0.177 e. The topological polar surface area (TPSA) is 20.7 Å². The summed E-state index contributed by atoms with van der Waals surface area (Å²) in [5.74, 6) is 1.62. The lowest BCUT2D eigenvalue weighted by molar-refractivity contribution is 0.213. The number of nitrogens with zero attached hydrogens (tertiary/aromatic N) is 1. The number of H-pyrrole nitrogens is 1. The van der Waals surface area contributed by atoms with Crippen LogP contribution >= 0.6 is 12.2 Å². The van der Waals surface area contributed by atoms with Gasteiger partial charge in [-0.2, -0.15) is 0 Å². The Labute approximate surface area is 116 Å². The fourth-order valence-electron chi connectivity index (χ4n) is 3.43. The van der Waals surface area contributed by atoms with E-state index in [2.05, 4.69) is 50.4 Å². The van der Waals surface area contributed by atoms with Crippen molar-refractivity contribution in [2.75, 3.05) is 0 Å². The van der Waals surface area contributed by atoms with Crippen molar-refractivity contribution in [1.82, 2.24) is 9.55 Å². The Morgan fingerprint density at radius 2 is 1.72 bits per heavy atom. The normalized spacial score (nSPS) is 29.5. The first-order valence-electron chi connectivity index (χ1n) is 7.09. The Kier molecular flexibility index (Phi) is 3.72. The molecule has 0 aliphatic heterocycles. The van der Waals surface area contributed by atoms with Gasteiger partial charge in [-0.1, -0.05) is 34.6 Å². The minimum absolute atomic E-state index is 0.150. The van der Waals surface area contributed by atoms with E-state index >= 15 is 0 Å². The van der Waals surface area contributed by atoms with Crippen LogP contribution in [-0.4, -0.2) is 9.55 Å². The fourth-order valence-corrected chi connectivity index (χ4v) is 3.74. The largest absolute Gasteiger partial charge is 0.337 e. The van der Waals surface area contributed by atoms with Gasteiger partial charge in [0.25, 0.3) is 0 Å². The summed E-state index contributed by atoms with van der Waals surface area (Å²) in [6, 6.07) is 0.580. The lowest BCUT2D eigenvalue weighted by atomic mass is 9.80. The second-order valence-corrected chi connectivity index (χ2v) is 7.56. The monoisotopic (exact) mass is 266 g/mol. The van der Waals surface area contributed by atoms with E-state index < -0.39 is 0 Å². The van der Waals surface area contributed by atoms with Gasteiger partial charge in [0.05, 0.1) is 0 Å². The summed E-state index contributed by atoms with van der Waals surface area (Å²) >= 11 is 5.51. The highest BCUT2D eigenvalue weighted by molar-refractivity contribution is 7.71. The molecule has 2 unspecified atom stereocenters. The van der Waals surface area contributed by atoms with Crippen LogP contribution in [0.3, 0.4) is 0 Å². The lowest BCUT2D eigenvalue weighted by Gasteiger charge is -2.35. The predicted octanol–water partition coefficient (Wildman–Crippen LogP) is 4.84. The minimum Gasteiger partial charge on any atom is -0.337 e. The Bertz CT molecular complexity index is 454. The van der Waals surface area contributed by atoms with Crippen LogP contribution in [0.1, 0.15) is 65.6 Å². The van der Waals surface area contributed by atoms with Gasteiger partial charge in [0.2, 0.25) is 0 Å². The van der Waals surface area contributed by atoms with Crippen molar-refractivity contribution < 1.29 is 0 Å². The summed E-state index contributed by atoms with van der Waals surface area (Å²) in [5, 5.41) is 0. The number of aromatic nitrogens is 2. The van der Waals surface area contributed by atoms with Gasteiger partial charge < -0.3 is 9.55 Å².